The van der Waals surface area contributed by atoms with E-state index in [9.17, 15) is 46.7 Å². The minimum Gasteiger partial charge on any atom is -0.467 e. The Morgan fingerprint density at radius 3 is 1.94 bits per heavy atom. The summed E-state index contributed by atoms with van der Waals surface area (Å²) < 4.78 is 73.9. The molecule has 0 saturated carbocycles. The number of alkyl carbamates (subject to hydrolysis) is 1. The zero-order valence-corrected chi connectivity index (χ0v) is 25.8. The largest absolute Gasteiger partial charge is 0.467 e. The Morgan fingerprint density at radius 2 is 1.43 bits per heavy atom. The van der Waals surface area contributed by atoms with E-state index in [1.165, 1.54) is 17.4 Å². The van der Waals surface area contributed by atoms with Gasteiger partial charge in [-0.05, 0) is 5.56 Å². The number of methoxy groups -OCH3 is 1. The first-order chi connectivity index (χ1) is 21.9. The molecular weight excluding hydrogens is 643 g/mol. The second-order valence-electron chi connectivity index (χ2n) is 10.1. The molecule has 260 valence electrons. The summed E-state index contributed by atoms with van der Waals surface area (Å²) in [5.41, 5.74) is -3.60. The van der Waals surface area contributed by atoms with E-state index in [2.05, 4.69) is 15.4 Å². The summed E-state index contributed by atoms with van der Waals surface area (Å²) in [6, 6.07) is 6.20. The molecule has 2 rings (SSSR count). The SMILES string of the molecule is COC(=O)[C@@](CC(=O)N[C@@H]1O[C@H](COC(C)=O)[C@@H](OC(C)=O)[C@H](OC(C)=O)[C@H]1NC(C)=O)(NC(=O)OCc1ccccc1)C(F)(F)F. The molecule has 0 aromatic heterocycles. The van der Waals surface area contributed by atoms with Gasteiger partial charge in [0.1, 0.15) is 25.4 Å². The summed E-state index contributed by atoms with van der Waals surface area (Å²) in [5.74, 6) is -7.22. The number of halogens is 3. The van der Waals surface area contributed by atoms with Crippen LogP contribution in [0.25, 0.3) is 0 Å². The lowest BCUT2D eigenvalue weighted by Crippen LogP contribution is -2.71. The fourth-order valence-electron chi connectivity index (χ4n) is 4.47. The van der Waals surface area contributed by atoms with E-state index >= 15 is 0 Å². The number of ether oxygens (including phenoxy) is 6. The average Bonchev–Trinajstić information content (AvgIpc) is 2.96. The number of hydrogen-bond acceptors (Lipinski definition) is 13. The van der Waals surface area contributed by atoms with Gasteiger partial charge in [0.15, 0.2) is 18.4 Å². The molecule has 19 heteroatoms. The van der Waals surface area contributed by atoms with Crippen LogP contribution < -0.4 is 16.0 Å². The van der Waals surface area contributed by atoms with E-state index in [4.69, 9.17) is 23.7 Å². The number of rotatable bonds is 12. The zero-order valence-electron chi connectivity index (χ0n) is 25.8. The van der Waals surface area contributed by atoms with Gasteiger partial charge >= 0.3 is 36.1 Å². The van der Waals surface area contributed by atoms with Crippen molar-refractivity contribution < 1.29 is 75.2 Å². The second-order valence-corrected chi connectivity index (χ2v) is 10.1. The van der Waals surface area contributed by atoms with E-state index < -0.39 is 104 Å². The van der Waals surface area contributed by atoms with Crippen LogP contribution in [0.5, 0.6) is 0 Å². The van der Waals surface area contributed by atoms with E-state index in [1.54, 1.807) is 18.2 Å². The summed E-state index contributed by atoms with van der Waals surface area (Å²) >= 11 is 0. The van der Waals surface area contributed by atoms with Crippen LogP contribution in [-0.4, -0.2) is 97.8 Å². The normalized spacial score (nSPS) is 21.9. The number of benzene rings is 1. The lowest BCUT2D eigenvalue weighted by atomic mass is 9.92. The van der Waals surface area contributed by atoms with Crippen molar-refractivity contribution in [3.8, 4) is 0 Å². The topological polar surface area (TPSA) is 211 Å². The predicted octanol–water partition coefficient (Wildman–Crippen LogP) is 0.549. The minimum absolute atomic E-state index is 0.396. The molecular formula is C28H34F3N3O13. The number of esters is 4. The quantitative estimate of drug-likeness (QED) is 0.204. The number of nitrogens with one attached hydrogen (secondary N) is 3. The van der Waals surface area contributed by atoms with Crippen molar-refractivity contribution in [3.63, 3.8) is 0 Å². The Morgan fingerprint density at radius 1 is 0.830 bits per heavy atom. The Hall–Kier alpha value is -4.94. The number of amides is 3. The maximum absolute atomic E-state index is 14.5. The Balaban J connectivity index is 2.47. The van der Waals surface area contributed by atoms with Crippen molar-refractivity contribution in [2.75, 3.05) is 13.7 Å². The van der Waals surface area contributed by atoms with Gasteiger partial charge in [0.25, 0.3) is 0 Å². The van der Waals surface area contributed by atoms with E-state index in [-0.39, 0.29) is 0 Å². The highest BCUT2D eigenvalue weighted by Gasteiger charge is 2.64. The standard InChI is InChI=1S/C28H34F3N3O13/c1-14(35)32-21-23(46-17(4)38)22(45-16(3)37)19(13-43-15(2)36)47-24(21)33-20(39)11-27(25(40)42-5,28(29,30)31)34-26(41)44-12-18-9-7-6-8-10-18/h6-10,19,21-24H,11-13H2,1-5H3,(H,32,35)(H,33,39)(H,34,41)/t19-,21-,22-,23-,24-,27-/m1/s1. The first kappa shape index (κ1) is 38.2. The van der Waals surface area contributed by atoms with Gasteiger partial charge in [-0.25, -0.2) is 9.59 Å². The van der Waals surface area contributed by atoms with Crippen LogP contribution >= 0.6 is 0 Å². The lowest BCUT2D eigenvalue weighted by Gasteiger charge is -2.45. The van der Waals surface area contributed by atoms with Gasteiger partial charge in [-0.1, -0.05) is 30.3 Å². The molecule has 0 aliphatic carbocycles. The number of carbonyl (C=O) groups excluding carboxylic acids is 7. The molecule has 1 aliphatic rings. The Bertz CT molecular complexity index is 1330. The fourth-order valence-corrected chi connectivity index (χ4v) is 4.47. The molecule has 0 unspecified atom stereocenters. The smallest absolute Gasteiger partial charge is 0.423 e. The van der Waals surface area contributed by atoms with E-state index in [1.807, 2.05) is 0 Å². The average molecular weight is 678 g/mol. The number of hydrogen-bond donors (Lipinski definition) is 3. The van der Waals surface area contributed by atoms with Crippen molar-refractivity contribution in [1.82, 2.24) is 16.0 Å². The maximum Gasteiger partial charge on any atom is 0.423 e. The molecule has 1 aromatic carbocycles. The van der Waals surface area contributed by atoms with Crippen LogP contribution in [-0.2, 0) is 63.8 Å². The van der Waals surface area contributed by atoms with Gasteiger partial charge in [0.2, 0.25) is 17.4 Å². The molecule has 0 spiro atoms. The van der Waals surface area contributed by atoms with Gasteiger partial charge < -0.3 is 39.1 Å². The third kappa shape index (κ3) is 10.8. The molecule has 47 heavy (non-hydrogen) atoms. The van der Waals surface area contributed by atoms with Crippen molar-refractivity contribution in [3.05, 3.63) is 35.9 Å². The predicted molar refractivity (Wildman–Crippen MR) is 147 cm³/mol. The van der Waals surface area contributed by atoms with Crippen molar-refractivity contribution >= 4 is 41.8 Å². The molecule has 1 saturated heterocycles. The molecule has 3 amide bonds. The Kier molecular flexibility index (Phi) is 13.5. The highest BCUT2D eigenvalue weighted by Crippen LogP contribution is 2.35. The van der Waals surface area contributed by atoms with Gasteiger partial charge in [0.05, 0.1) is 13.5 Å². The van der Waals surface area contributed by atoms with E-state index in [0.717, 1.165) is 27.7 Å². The molecule has 3 N–H and O–H groups in total. The summed E-state index contributed by atoms with van der Waals surface area (Å²) in [4.78, 5) is 85.9. The highest BCUT2D eigenvalue weighted by molar-refractivity contribution is 5.93. The molecule has 6 atom stereocenters. The maximum atomic E-state index is 14.5. The zero-order chi connectivity index (χ0) is 35.5. The molecule has 0 radical (unpaired) electrons. The first-order valence-corrected chi connectivity index (χ1v) is 13.7. The molecule has 1 heterocycles. The lowest BCUT2D eigenvalue weighted by molar-refractivity contribution is -0.229. The van der Waals surface area contributed by atoms with Crippen LogP contribution in [0.2, 0.25) is 0 Å². The summed E-state index contributed by atoms with van der Waals surface area (Å²) in [5, 5.41) is 5.76. The molecule has 1 fully saturated rings. The molecule has 1 aromatic rings. The van der Waals surface area contributed by atoms with Crippen LogP contribution in [0.4, 0.5) is 18.0 Å². The molecule has 0 bridgehead atoms. The number of alkyl halides is 3. The van der Waals surface area contributed by atoms with Crippen LogP contribution in [0, 0.1) is 0 Å². The third-order valence-corrected chi connectivity index (χ3v) is 6.39. The van der Waals surface area contributed by atoms with Crippen LogP contribution in [0.1, 0.15) is 39.7 Å². The second kappa shape index (κ2) is 16.6. The van der Waals surface area contributed by atoms with Gasteiger partial charge in [-0.3, -0.25) is 29.3 Å². The van der Waals surface area contributed by atoms with E-state index in [0.29, 0.717) is 12.7 Å². The minimum atomic E-state index is -5.65. The van der Waals surface area contributed by atoms with Crippen molar-refractivity contribution in [2.45, 2.75) is 83.0 Å². The Labute approximate surface area is 265 Å². The summed E-state index contributed by atoms with van der Waals surface area (Å²) in [6.45, 7) is 2.80. The van der Waals surface area contributed by atoms with Crippen LogP contribution in [0.15, 0.2) is 30.3 Å². The highest BCUT2D eigenvalue weighted by atomic mass is 19.4. The summed E-state index contributed by atoms with van der Waals surface area (Å²) in [6.07, 6.45) is -15.8. The number of carbonyl (C=O) groups is 7. The molecule has 16 nitrogen and oxygen atoms in total. The van der Waals surface area contributed by atoms with Gasteiger partial charge in [0, 0.05) is 27.7 Å². The van der Waals surface area contributed by atoms with Gasteiger partial charge in [-0.2, -0.15) is 13.2 Å². The monoisotopic (exact) mass is 677 g/mol. The van der Waals surface area contributed by atoms with Crippen LogP contribution in [0.3, 0.4) is 0 Å². The van der Waals surface area contributed by atoms with Crippen molar-refractivity contribution in [1.29, 1.82) is 0 Å². The first-order valence-electron chi connectivity index (χ1n) is 13.7. The van der Waals surface area contributed by atoms with Crippen molar-refractivity contribution in [2.24, 2.45) is 0 Å². The fraction of sp³-hybridized carbons (Fsp3) is 0.536. The molecule has 1 aliphatic heterocycles. The summed E-state index contributed by atoms with van der Waals surface area (Å²) in [7, 11) is 0.591. The third-order valence-electron chi connectivity index (χ3n) is 6.39. The van der Waals surface area contributed by atoms with Gasteiger partial charge in [-0.15, -0.1) is 0 Å².